The third-order valence-corrected chi connectivity index (χ3v) is 4.99. The molecule has 2 nitrogen and oxygen atoms in total. The van der Waals surface area contributed by atoms with E-state index in [0.29, 0.717) is 18.1 Å². The van der Waals surface area contributed by atoms with Gasteiger partial charge in [0.15, 0.2) is 0 Å². The van der Waals surface area contributed by atoms with Gasteiger partial charge in [0, 0.05) is 0 Å². The standard InChI is InChI=1S/C22H26O2/c1-2-17-8-10-19(11-9-17)20-12-14-21(15-13-20)22(23)24-16-18-6-4-3-5-7-18/h8-15,18H,2-7,16H2,1H3. The summed E-state index contributed by atoms with van der Waals surface area (Å²) in [4.78, 5) is 12.2. The predicted molar refractivity (Wildman–Crippen MR) is 98.1 cm³/mol. The Morgan fingerprint density at radius 1 is 0.917 bits per heavy atom. The van der Waals surface area contributed by atoms with Gasteiger partial charge in [0.1, 0.15) is 0 Å². The van der Waals surface area contributed by atoms with E-state index in [0.717, 1.165) is 12.0 Å². The molecule has 1 aliphatic carbocycles. The Morgan fingerprint density at radius 2 is 1.50 bits per heavy atom. The maximum atomic E-state index is 12.2. The fourth-order valence-electron chi connectivity index (χ4n) is 3.36. The fraction of sp³-hybridized carbons (Fsp3) is 0.409. The summed E-state index contributed by atoms with van der Waals surface area (Å²) in [5.41, 5.74) is 4.28. The Morgan fingerprint density at radius 3 is 2.08 bits per heavy atom. The number of hydrogen-bond donors (Lipinski definition) is 0. The van der Waals surface area contributed by atoms with Gasteiger partial charge in [0.05, 0.1) is 12.2 Å². The van der Waals surface area contributed by atoms with Gasteiger partial charge in [-0.15, -0.1) is 0 Å². The second-order valence-corrected chi connectivity index (χ2v) is 6.73. The van der Waals surface area contributed by atoms with Gasteiger partial charge in [-0.2, -0.15) is 0 Å². The first-order valence-corrected chi connectivity index (χ1v) is 9.13. The number of hydrogen-bond acceptors (Lipinski definition) is 2. The van der Waals surface area contributed by atoms with Crippen LogP contribution in [0.1, 0.15) is 54.9 Å². The lowest BCUT2D eigenvalue weighted by molar-refractivity contribution is 0.0410. The number of esters is 1. The topological polar surface area (TPSA) is 26.3 Å². The molecule has 1 fully saturated rings. The minimum absolute atomic E-state index is 0.201. The number of carbonyl (C=O) groups is 1. The van der Waals surface area contributed by atoms with E-state index in [4.69, 9.17) is 4.74 Å². The summed E-state index contributed by atoms with van der Waals surface area (Å²) in [5, 5.41) is 0. The van der Waals surface area contributed by atoms with Gasteiger partial charge < -0.3 is 4.74 Å². The SMILES string of the molecule is CCc1ccc(-c2ccc(C(=O)OCC3CCCCC3)cc2)cc1. The Hall–Kier alpha value is -2.09. The predicted octanol–water partition coefficient (Wildman–Crippen LogP) is 5.65. The van der Waals surface area contributed by atoms with Gasteiger partial charge in [-0.05, 0) is 54.0 Å². The van der Waals surface area contributed by atoms with Crippen molar-refractivity contribution < 1.29 is 9.53 Å². The van der Waals surface area contributed by atoms with Crippen molar-refractivity contribution >= 4 is 5.97 Å². The lowest BCUT2D eigenvalue weighted by Crippen LogP contribution is -2.16. The van der Waals surface area contributed by atoms with E-state index in [1.165, 1.54) is 43.2 Å². The van der Waals surface area contributed by atoms with Crippen molar-refractivity contribution in [3.8, 4) is 11.1 Å². The molecule has 0 radical (unpaired) electrons. The van der Waals surface area contributed by atoms with Crippen molar-refractivity contribution in [2.45, 2.75) is 45.4 Å². The number of carbonyl (C=O) groups excluding carboxylic acids is 1. The lowest BCUT2D eigenvalue weighted by Gasteiger charge is -2.21. The van der Waals surface area contributed by atoms with Crippen LogP contribution in [0.2, 0.25) is 0 Å². The van der Waals surface area contributed by atoms with Gasteiger partial charge in [-0.3, -0.25) is 0 Å². The van der Waals surface area contributed by atoms with E-state index >= 15 is 0 Å². The molecule has 0 aliphatic heterocycles. The summed E-state index contributed by atoms with van der Waals surface area (Å²) in [6.45, 7) is 2.72. The minimum Gasteiger partial charge on any atom is -0.462 e. The zero-order valence-corrected chi connectivity index (χ0v) is 14.5. The molecule has 1 saturated carbocycles. The number of rotatable bonds is 5. The molecule has 0 bridgehead atoms. The molecule has 0 saturated heterocycles. The molecule has 2 heteroatoms. The first-order chi connectivity index (χ1) is 11.8. The van der Waals surface area contributed by atoms with Crippen LogP contribution in [0.3, 0.4) is 0 Å². The normalized spacial score (nSPS) is 15.2. The second kappa shape index (κ2) is 8.14. The zero-order chi connectivity index (χ0) is 16.8. The molecule has 0 atom stereocenters. The van der Waals surface area contributed by atoms with E-state index < -0.39 is 0 Å². The maximum Gasteiger partial charge on any atom is 0.338 e. The highest BCUT2D eigenvalue weighted by Gasteiger charge is 2.16. The third kappa shape index (κ3) is 4.25. The highest BCUT2D eigenvalue weighted by atomic mass is 16.5. The van der Waals surface area contributed by atoms with Gasteiger partial charge in [-0.1, -0.05) is 62.6 Å². The van der Waals surface area contributed by atoms with E-state index in [-0.39, 0.29) is 5.97 Å². The summed E-state index contributed by atoms with van der Waals surface area (Å²) in [7, 11) is 0. The van der Waals surface area contributed by atoms with Crippen LogP contribution in [-0.2, 0) is 11.2 Å². The van der Waals surface area contributed by atoms with Gasteiger partial charge in [0.25, 0.3) is 0 Å². The Balaban J connectivity index is 1.59. The maximum absolute atomic E-state index is 12.2. The second-order valence-electron chi connectivity index (χ2n) is 6.73. The average molecular weight is 322 g/mol. The van der Waals surface area contributed by atoms with Crippen molar-refractivity contribution in [2.24, 2.45) is 5.92 Å². The number of aryl methyl sites for hydroxylation is 1. The largest absolute Gasteiger partial charge is 0.462 e. The van der Waals surface area contributed by atoms with Crippen LogP contribution in [-0.4, -0.2) is 12.6 Å². The number of ether oxygens (including phenoxy) is 1. The Labute approximate surface area is 144 Å². The molecule has 24 heavy (non-hydrogen) atoms. The smallest absolute Gasteiger partial charge is 0.338 e. The van der Waals surface area contributed by atoms with Crippen molar-refractivity contribution in [1.82, 2.24) is 0 Å². The molecule has 0 spiro atoms. The van der Waals surface area contributed by atoms with Crippen LogP contribution in [0.4, 0.5) is 0 Å². The molecule has 2 aromatic rings. The summed E-state index contributed by atoms with van der Waals surface area (Å²) in [5.74, 6) is 0.354. The van der Waals surface area contributed by atoms with Gasteiger partial charge in [-0.25, -0.2) is 4.79 Å². The first-order valence-electron chi connectivity index (χ1n) is 9.13. The summed E-state index contributed by atoms with van der Waals surface area (Å²) in [6.07, 6.45) is 7.30. The molecule has 0 unspecified atom stereocenters. The highest BCUT2D eigenvalue weighted by molar-refractivity contribution is 5.90. The molecule has 0 N–H and O–H groups in total. The molecule has 0 aromatic heterocycles. The summed E-state index contributed by atoms with van der Waals surface area (Å²) in [6, 6.07) is 16.3. The Kier molecular flexibility index (Phi) is 5.68. The summed E-state index contributed by atoms with van der Waals surface area (Å²) < 4.78 is 5.50. The number of benzene rings is 2. The quantitative estimate of drug-likeness (QED) is 0.665. The molecule has 3 rings (SSSR count). The molecule has 1 aliphatic rings. The van der Waals surface area contributed by atoms with Crippen molar-refractivity contribution in [1.29, 1.82) is 0 Å². The van der Waals surface area contributed by atoms with Crippen LogP contribution in [0.25, 0.3) is 11.1 Å². The fourth-order valence-corrected chi connectivity index (χ4v) is 3.36. The van der Waals surface area contributed by atoms with Crippen molar-refractivity contribution in [3.05, 3.63) is 59.7 Å². The van der Waals surface area contributed by atoms with Gasteiger partial charge >= 0.3 is 5.97 Å². The van der Waals surface area contributed by atoms with E-state index in [9.17, 15) is 4.79 Å². The molecule has 126 valence electrons. The summed E-state index contributed by atoms with van der Waals surface area (Å²) >= 11 is 0. The van der Waals surface area contributed by atoms with E-state index in [1.54, 1.807) is 0 Å². The van der Waals surface area contributed by atoms with Crippen LogP contribution < -0.4 is 0 Å². The molecular weight excluding hydrogens is 296 g/mol. The molecule has 0 amide bonds. The molecule has 0 heterocycles. The molecule has 2 aromatic carbocycles. The van der Waals surface area contributed by atoms with E-state index in [2.05, 4.69) is 31.2 Å². The van der Waals surface area contributed by atoms with Gasteiger partial charge in [0.2, 0.25) is 0 Å². The van der Waals surface area contributed by atoms with Crippen LogP contribution >= 0.6 is 0 Å². The van der Waals surface area contributed by atoms with Crippen molar-refractivity contribution in [3.63, 3.8) is 0 Å². The average Bonchev–Trinajstić information content (AvgIpc) is 2.67. The zero-order valence-electron chi connectivity index (χ0n) is 14.5. The van der Waals surface area contributed by atoms with Crippen LogP contribution in [0.5, 0.6) is 0 Å². The highest BCUT2D eigenvalue weighted by Crippen LogP contribution is 2.24. The van der Waals surface area contributed by atoms with E-state index in [1.807, 2.05) is 24.3 Å². The third-order valence-electron chi connectivity index (χ3n) is 4.99. The van der Waals surface area contributed by atoms with Crippen molar-refractivity contribution in [2.75, 3.05) is 6.61 Å². The van der Waals surface area contributed by atoms with Crippen LogP contribution in [0.15, 0.2) is 48.5 Å². The monoisotopic (exact) mass is 322 g/mol. The lowest BCUT2D eigenvalue weighted by atomic mass is 9.90. The van der Waals surface area contributed by atoms with Crippen LogP contribution in [0, 0.1) is 5.92 Å². The first kappa shape index (κ1) is 16.8. The molecular formula is C22H26O2. The minimum atomic E-state index is -0.201. The Bertz CT molecular complexity index is 649.